The summed E-state index contributed by atoms with van der Waals surface area (Å²) >= 11 is 0. The summed E-state index contributed by atoms with van der Waals surface area (Å²) in [6.07, 6.45) is 2.76. The Bertz CT molecular complexity index is 821. The Hall–Kier alpha value is -2.18. The van der Waals surface area contributed by atoms with Gasteiger partial charge in [-0.1, -0.05) is 23.3 Å². The van der Waals surface area contributed by atoms with Crippen LogP contribution in [0.1, 0.15) is 36.3 Å². The van der Waals surface area contributed by atoms with E-state index in [1.807, 2.05) is 52.1 Å². The number of ether oxygens (including phenoxy) is 2. The van der Waals surface area contributed by atoms with Gasteiger partial charge >= 0.3 is 0 Å². The topological polar surface area (TPSA) is 65.4 Å². The molecule has 2 atom stereocenters. The second-order valence-electron chi connectivity index (χ2n) is 7.09. The van der Waals surface area contributed by atoms with Gasteiger partial charge in [0.15, 0.2) is 5.69 Å². The van der Waals surface area contributed by atoms with Gasteiger partial charge in [-0.05, 0) is 39.3 Å². The second kappa shape index (κ2) is 8.01. The van der Waals surface area contributed by atoms with E-state index in [9.17, 15) is 4.79 Å². The van der Waals surface area contributed by atoms with Crippen LogP contribution in [0, 0.1) is 6.92 Å². The lowest BCUT2D eigenvalue weighted by Crippen LogP contribution is -2.50. The highest BCUT2D eigenvalue weighted by Gasteiger charge is 2.29. The molecule has 1 aromatic heterocycles. The van der Waals surface area contributed by atoms with Crippen LogP contribution in [-0.4, -0.2) is 47.7 Å². The van der Waals surface area contributed by atoms with Gasteiger partial charge in [0.25, 0.3) is 5.91 Å². The summed E-state index contributed by atoms with van der Waals surface area (Å²) in [7, 11) is 1.85. The number of allylic oxidation sites excluding steroid dienone is 1. The number of carbonyl (C=O) groups is 1. The van der Waals surface area contributed by atoms with Crippen molar-refractivity contribution in [3.8, 4) is 0 Å². The van der Waals surface area contributed by atoms with E-state index in [1.54, 1.807) is 4.68 Å². The van der Waals surface area contributed by atoms with Crippen molar-refractivity contribution in [3.05, 3.63) is 41.1 Å². The van der Waals surface area contributed by atoms with Crippen molar-refractivity contribution in [3.63, 3.8) is 0 Å². The molecule has 0 saturated carbocycles. The maximum atomic E-state index is 12.9. The van der Waals surface area contributed by atoms with Crippen LogP contribution in [0.2, 0.25) is 0 Å². The van der Waals surface area contributed by atoms with Gasteiger partial charge in [-0.25, -0.2) is 0 Å². The van der Waals surface area contributed by atoms with Crippen molar-refractivity contribution >= 4 is 16.8 Å². The van der Waals surface area contributed by atoms with E-state index in [0.29, 0.717) is 25.5 Å². The first kappa shape index (κ1) is 18.6. The Morgan fingerprint density at radius 3 is 3.04 bits per heavy atom. The first-order valence-electron chi connectivity index (χ1n) is 9.02. The monoisotopic (exact) mass is 357 g/mol. The third-order valence-corrected chi connectivity index (χ3v) is 4.63. The number of hydrogen-bond donors (Lipinski definition) is 1. The normalized spacial score (nSPS) is 20.2. The maximum Gasteiger partial charge on any atom is 0.272 e. The fraction of sp³-hybridized carbons (Fsp3) is 0.500. The number of carbonyl (C=O) groups excluding carboxylic acids is 1. The van der Waals surface area contributed by atoms with E-state index in [1.165, 1.54) is 5.57 Å². The molecule has 26 heavy (non-hydrogen) atoms. The number of amides is 1. The minimum Gasteiger partial charge on any atom is -0.379 e. The van der Waals surface area contributed by atoms with Crippen LogP contribution >= 0.6 is 0 Å². The molecule has 0 bridgehead atoms. The average Bonchev–Trinajstić information content (AvgIpc) is 2.92. The van der Waals surface area contributed by atoms with Crippen molar-refractivity contribution in [2.75, 3.05) is 19.8 Å². The molecule has 0 unspecified atom stereocenters. The predicted octanol–water partition coefficient (Wildman–Crippen LogP) is 2.75. The number of aromatic nitrogens is 2. The molecular formula is C20H27N3O3. The van der Waals surface area contributed by atoms with Crippen molar-refractivity contribution in [2.24, 2.45) is 7.05 Å². The van der Waals surface area contributed by atoms with Crippen LogP contribution < -0.4 is 5.32 Å². The molecule has 6 nitrogen and oxygen atoms in total. The van der Waals surface area contributed by atoms with Crippen molar-refractivity contribution in [2.45, 2.75) is 39.3 Å². The summed E-state index contributed by atoms with van der Waals surface area (Å²) < 4.78 is 13.3. The zero-order chi connectivity index (χ0) is 18.7. The van der Waals surface area contributed by atoms with E-state index in [2.05, 4.69) is 10.4 Å². The summed E-state index contributed by atoms with van der Waals surface area (Å²) in [5.74, 6) is -0.187. The summed E-state index contributed by atoms with van der Waals surface area (Å²) in [4.78, 5) is 12.9. The van der Waals surface area contributed by atoms with Gasteiger partial charge in [0.05, 0.1) is 30.9 Å². The number of nitrogens with one attached hydrogen (secondary N) is 1. The molecule has 1 aromatic carbocycles. The van der Waals surface area contributed by atoms with Crippen LogP contribution in [0.25, 0.3) is 10.9 Å². The minimum absolute atomic E-state index is 0.0555. The first-order valence-corrected chi connectivity index (χ1v) is 9.02. The van der Waals surface area contributed by atoms with Crippen molar-refractivity contribution in [1.82, 2.24) is 15.1 Å². The Kier molecular flexibility index (Phi) is 5.74. The highest BCUT2D eigenvalue weighted by atomic mass is 16.5. The molecule has 1 N–H and O–H groups in total. The van der Waals surface area contributed by atoms with Crippen LogP contribution in [0.3, 0.4) is 0 Å². The van der Waals surface area contributed by atoms with Crippen molar-refractivity contribution in [1.29, 1.82) is 0 Å². The number of benzene rings is 1. The lowest BCUT2D eigenvalue weighted by atomic mass is 10.1. The third kappa shape index (κ3) is 4.14. The number of nitrogens with zero attached hydrogens (tertiary/aromatic N) is 2. The van der Waals surface area contributed by atoms with Crippen LogP contribution in [-0.2, 0) is 16.5 Å². The minimum atomic E-state index is -0.187. The molecular weight excluding hydrogens is 330 g/mol. The molecule has 1 fully saturated rings. The SMILES string of the molecule is CC(C)=CCO[C@H]1CCOC[C@H]1NC(=O)c1nn(C)c2ccc(C)cc12. The van der Waals surface area contributed by atoms with Gasteiger partial charge in [-0.15, -0.1) is 0 Å². The summed E-state index contributed by atoms with van der Waals surface area (Å²) in [5.41, 5.74) is 3.70. The fourth-order valence-corrected chi connectivity index (χ4v) is 3.17. The number of fused-ring (bicyclic) bond motifs is 1. The zero-order valence-corrected chi connectivity index (χ0v) is 15.9. The highest BCUT2D eigenvalue weighted by Crippen LogP contribution is 2.20. The maximum absolute atomic E-state index is 12.9. The molecule has 1 amide bonds. The Morgan fingerprint density at radius 1 is 1.46 bits per heavy atom. The average molecular weight is 357 g/mol. The number of rotatable bonds is 5. The largest absolute Gasteiger partial charge is 0.379 e. The Morgan fingerprint density at radius 2 is 2.27 bits per heavy atom. The molecule has 6 heteroatoms. The molecule has 0 aliphatic carbocycles. The lowest BCUT2D eigenvalue weighted by molar-refractivity contribution is -0.0457. The smallest absolute Gasteiger partial charge is 0.272 e. The summed E-state index contributed by atoms with van der Waals surface area (Å²) in [6.45, 7) is 7.75. The fourth-order valence-electron chi connectivity index (χ4n) is 3.17. The Labute approximate surface area is 154 Å². The zero-order valence-electron chi connectivity index (χ0n) is 15.9. The van der Waals surface area contributed by atoms with Gasteiger partial charge in [0.1, 0.15) is 0 Å². The van der Waals surface area contributed by atoms with E-state index in [4.69, 9.17) is 9.47 Å². The molecule has 0 radical (unpaired) electrons. The molecule has 2 heterocycles. The van der Waals surface area contributed by atoms with E-state index < -0.39 is 0 Å². The molecule has 0 spiro atoms. The van der Waals surface area contributed by atoms with Crippen molar-refractivity contribution < 1.29 is 14.3 Å². The van der Waals surface area contributed by atoms with E-state index in [-0.39, 0.29) is 18.1 Å². The van der Waals surface area contributed by atoms with Crippen LogP contribution in [0.4, 0.5) is 0 Å². The molecule has 140 valence electrons. The van der Waals surface area contributed by atoms with E-state index >= 15 is 0 Å². The molecule has 1 aliphatic heterocycles. The second-order valence-corrected chi connectivity index (χ2v) is 7.09. The van der Waals surface area contributed by atoms with Gasteiger partial charge in [0, 0.05) is 19.0 Å². The Balaban J connectivity index is 1.75. The molecule has 2 aromatic rings. The third-order valence-electron chi connectivity index (χ3n) is 4.63. The standard InChI is InChI=1S/C20H27N3O3/c1-13(2)7-10-26-18-8-9-25-12-16(18)21-20(24)19-15-11-14(3)5-6-17(15)23(4)22-19/h5-7,11,16,18H,8-10,12H2,1-4H3,(H,21,24)/t16-,18+/m1/s1. The predicted molar refractivity (Wildman–Crippen MR) is 101 cm³/mol. The van der Waals surface area contributed by atoms with E-state index in [0.717, 1.165) is 22.9 Å². The molecule has 1 aliphatic rings. The lowest BCUT2D eigenvalue weighted by Gasteiger charge is -2.31. The summed E-state index contributed by atoms with van der Waals surface area (Å²) in [6, 6.07) is 5.83. The van der Waals surface area contributed by atoms with Gasteiger partial charge in [0.2, 0.25) is 0 Å². The molecule has 1 saturated heterocycles. The van der Waals surface area contributed by atoms with Crippen LogP contribution in [0.15, 0.2) is 29.8 Å². The number of aryl methyl sites for hydroxylation is 2. The van der Waals surface area contributed by atoms with Gasteiger partial charge in [-0.3, -0.25) is 9.48 Å². The van der Waals surface area contributed by atoms with Gasteiger partial charge < -0.3 is 14.8 Å². The molecule has 3 rings (SSSR count). The quantitative estimate of drug-likeness (QED) is 0.836. The summed E-state index contributed by atoms with van der Waals surface area (Å²) in [5, 5.41) is 8.35. The highest BCUT2D eigenvalue weighted by molar-refractivity contribution is 6.05. The van der Waals surface area contributed by atoms with Gasteiger partial charge in [-0.2, -0.15) is 5.10 Å². The first-order chi connectivity index (χ1) is 12.5. The number of hydrogen-bond acceptors (Lipinski definition) is 4. The van der Waals surface area contributed by atoms with Crippen LogP contribution in [0.5, 0.6) is 0 Å².